The molecule has 4 rings (SSSR count). The van der Waals surface area contributed by atoms with Gasteiger partial charge in [-0.05, 0) is 42.0 Å². The normalized spacial score (nSPS) is 20.3. The van der Waals surface area contributed by atoms with Crippen molar-refractivity contribution in [2.24, 2.45) is 11.7 Å². The highest BCUT2D eigenvalue weighted by molar-refractivity contribution is 5.96. The fourth-order valence-electron chi connectivity index (χ4n) is 3.54. The highest BCUT2D eigenvalue weighted by Crippen LogP contribution is 2.31. The van der Waals surface area contributed by atoms with Crippen molar-refractivity contribution in [3.8, 4) is 0 Å². The van der Waals surface area contributed by atoms with E-state index >= 15 is 0 Å². The number of hydrogen-bond acceptors (Lipinski definition) is 4. The summed E-state index contributed by atoms with van der Waals surface area (Å²) in [5.41, 5.74) is 8.26. The van der Waals surface area contributed by atoms with Gasteiger partial charge in [0.25, 0.3) is 5.91 Å². The monoisotopic (exact) mass is 353 g/mol. The molecule has 6 nitrogen and oxygen atoms in total. The second-order valence-corrected chi connectivity index (χ2v) is 7.15. The predicted octanol–water partition coefficient (Wildman–Crippen LogP) is 1.70. The first-order valence-electron chi connectivity index (χ1n) is 9.08. The van der Waals surface area contributed by atoms with Crippen LogP contribution in [0.5, 0.6) is 0 Å². The highest BCUT2D eigenvalue weighted by Gasteiger charge is 2.36. The lowest BCUT2D eigenvalue weighted by molar-refractivity contribution is -0.126. The summed E-state index contributed by atoms with van der Waals surface area (Å²) in [5.74, 6) is 0.340. The van der Waals surface area contributed by atoms with Crippen molar-refractivity contribution in [3.05, 3.63) is 59.5 Å². The summed E-state index contributed by atoms with van der Waals surface area (Å²) in [4.78, 5) is 27.3. The van der Waals surface area contributed by atoms with Gasteiger partial charge in [-0.2, -0.15) is 0 Å². The number of hydrogen-bond donors (Lipinski definition) is 2. The molecule has 136 valence electrons. The molecule has 1 aliphatic carbocycles. The van der Waals surface area contributed by atoms with E-state index in [-0.39, 0.29) is 23.6 Å². The molecular formula is C20H23N3O3. The number of carbonyl (C=O) groups excluding carboxylic acids is 2. The maximum Gasteiger partial charge on any atom is 0.290 e. The average molecular weight is 353 g/mol. The number of amides is 2. The van der Waals surface area contributed by atoms with Crippen LogP contribution >= 0.6 is 0 Å². The maximum absolute atomic E-state index is 12.9. The van der Waals surface area contributed by atoms with Gasteiger partial charge in [-0.15, -0.1) is 0 Å². The number of fused-ring (bicyclic) bond motifs is 1. The van der Waals surface area contributed by atoms with Gasteiger partial charge >= 0.3 is 0 Å². The number of nitrogens with zero attached hydrogens (tertiary/aromatic N) is 1. The van der Waals surface area contributed by atoms with Crippen LogP contribution in [0.2, 0.25) is 0 Å². The SMILES string of the molecule is NC(CNC(=O)C1Cc2ccccc2CN1C(=O)c1ccco1)C1CC1. The molecule has 2 aliphatic rings. The standard InChI is InChI=1S/C20H23N3O3/c21-16(13-7-8-13)11-22-19(24)17-10-14-4-1-2-5-15(14)12-23(17)20(25)18-6-3-9-26-18/h1-6,9,13,16-17H,7-8,10-12,21H2,(H,22,24). The molecule has 26 heavy (non-hydrogen) atoms. The van der Waals surface area contributed by atoms with Crippen LogP contribution in [0.4, 0.5) is 0 Å². The van der Waals surface area contributed by atoms with E-state index in [9.17, 15) is 9.59 Å². The van der Waals surface area contributed by atoms with E-state index in [0.29, 0.717) is 25.4 Å². The van der Waals surface area contributed by atoms with Gasteiger partial charge in [0.1, 0.15) is 6.04 Å². The van der Waals surface area contributed by atoms with Crippen LogP contribution in [0.25, 0.3) is 0 Å². The van der Waals surface area contributed by atoms with E-state index in [4.69, 9.17) is 10.2 Å². The number of nitrogens with one attached hydrogen (secondary N) is 1. The van der Waals surface area contributed by atoms with Gasteiger partial charge in [0.05, 0.1) is 6.26 Å². The fourth-order valence-corrected chi connectivity index (χ4v) is 3.54. The van der Waals surface area contributed by atoms with Gasteiger partial charge in [-0.3, -0.25) is 9.59 Å². The molecule has 2 atom stereocenters. The molecule has 1 aliphatic heterocycles. The molecular weight excluding hydrogens is 330 g/mol. The summed E-state index contributed by atoms with van der Waals surface area (Å²) >= 11 is 0. The van der Waals surface area contributed by atoms with Crippen molar-refractivity contribution < 1.29 is 14.0 Å². The lowest BCUT2D eigenvalue weighted by Crippen LogP contribution is -2.54. The summed E-state index contributed by atoms with van der Waals surface area (Å²) in [5, 5.41) is 2.95. The zero-order valence-electron chi connectivity index (χ0n) is 14.6. The fraction of sp³-hybridized carbons (Fsp3) is 0.400. The van der Waals surface area contributed by atoms with E-state index in [1.807, 2.05) is 24.3 Å². The summed E-state index contributed by atoms with van der Waals surface area (Å²) in [6.07, 6.45) is 4.23. The first kappa shape index (κ1) is 16.8. The van der Waals surface area contributed by atoms with Crippen molar-refractivity contribution >= 4 is 11.8 Å². The predicted molar refractivity (Wildman–Crippen MR) is 96.2 cm³/mol. The zero-order chi connectivity index (χ0) is 18.1. The third kappa shape index (κ3) is 3.37. The first-order chi connectivity index (χ1) is 12.6. The van der Waals surface area contributed by atoms with Gasteiger partial charge in [0.15, 0.2) is 5.76 Å². The van der Waals surface area contributed by atoms with Crippen molar-refractivity contribution in [3.63, 3.8) is 0 Å². The molecule has 1 aromatic carbocycles. The van der Waals surface area contributed by atoms with Gasteiger partial charge in [0, 0.05) is 25.6 Å². The van der Waals surface area contributed by atoms with E-state index < -0.39 is 6.04 Å². The quantitative estimate of drug-likeness (QED) is 0.856. The Bertz CT molecular complexity index is 798. The van der Waals surface area contributed by atoms with Gasteiger partial charge < -0.3 is 20.4 Å². The van der Waals surface area contributed by atoms with Crippen LogP contribution in [0.15, 0.2) is 47.1 Å². The molecule has 2 heterocycles. The highest BCUT2D eigenvalue weighted by atomic mass is 16.3. The van der Waals surface area contributed by atoms with Crippen LogP contribution in [0.3, 0.4) is 0 Å². The Labute approximate surface area is 152 Å². The number of nitrogens with two attached hydrogens (primary N) is 1. The Hall–Kier alpha value is -2.60. The largest absolute Gasteiger partial charge is 0.459 e. The molecule has 0 saturated heterocycles. The summed E-state index contributed by atoms with van der Waals surface area (Å²) in [6.45, 7) is 0.840. The summed E-state index contributed by atoms with van der Waals surface area (Å²) in [6, 6.07) is 10.6. The maximum atomic E-state index is 12.9. The molecule has 2 unspecified atom stereocenters. The van der Waals surface area contributed by atoms with Crippen molar-refractivity contribution in [2.45, 2.75) is 37.9 Å². The number of carbonyl (C=O) groups is 2. The molecule has 3 N–H and O–H groups in total. The minimum atomic E-state index is -0.561. The van der Waals surface area contributed by atoms with Crippen molar-refractivity contribution in [1.29, 1.82) is 0 Å². The second kappa shape index (κ2) is 6.96. The van der Waals surface area contributed by atoms with E-state index in [1.54, 1.807) is 17.0 Å². The number of furan rings is 1. The second-order valence-electron chi connectivity index (χ2n) is 7.15. The molecule has 0 bridgehead atoms. The smallest absolute Gasteiger partial charge is 0.290 e. The van der Waals surface area contributed by atoms with Crippen molar-refractivity contribution in [2.75, 3.05) is 6.54 Å². The topological polar surface area (TPSA) is 88.6 Å². The minimum Gasteiger partial charge on any atom is -0.459 e. The van der Waals surface area contributed by atoms with E-state index in [2.05, 4.69) is 5.32 Å². The Balaban J connectivity index is 1.54. The van der Waals surface area contributed by atoms with Crippen LogP contribution in [0, 0.1) is 5.92 Å². The van der Waals surface area contributed by atoms with Crippen LogP contribution in [0.1, 0.15) is 34.5 Å². The number of rotatable bonds is 5. The third-order valence-corrected chi connectivity index (χ3v) is 5.28. The van der Waals surface area contributed by atoms with Crippen LogP contribution in [-0.2, 0) is 17.8 Å². The van der Waals surface area contributed by atoms with Gasteiger partial charge in [-0.1, -0.05) is 24.3 Å². The molecule has 0 radical (unpaired) electrons. The Morgan fingerprint density at radius 1 is 1.19 bits per heavy atom. The molecule has 2 aromatic rings. The molecule has 6 heteroatoms. The molecule has 1 aromatic heterocycles. The molecule has 0 spiro atoms. The average Bonchev–Trinajstić information content (AvgIpc) is 3.38. The van der Waals surface area contributed by atoms with Gasteiger partial charge in [0.2, 0.25) is 5.91 Å². The Kier molecular flexibility index (Phi) is 4.51. The lowest BCUT2D eigenvalue weighted by Gasteiger charge is -2.35. The Morgan fingerprint density at radius 2 is 1.96 bits per heavy atom. The van der Waals surface area contributed by atoms with Crippen LogP contribution < -0.4 is 11.1 Å². The third-order valence-electron chi connectivity index (χ3n) is 5.28. The summed E-state index contributed by atoms with van der Waals surface area (Å²) < 4.78 is 5.26. The molecule has 1 saturated carbocycles. The van der Waals surface area contributed by atoms with E-state index in [1.165, 1.54) is 6.26 Å². The minimum absolute atomic E-state index is 0.0101. The first-order valence-corrected chi connectivity index (χ1v) is 9.08. The van der Waals surface area contributed by atoms with Gasteiger partial charge in [-0.25, -0.2) is 0 Å². The summed E-state index contributed by atoms with van der Waals surface area (Å²) in [7, 11) is 0. The molecule has 1 fully saturated rings. The molecule has 2 amide bonds. The van der Waals surface area contributed by atoms with Crippen LogP contribution in [-0.4, -0.2) is 35.3 Å². The van der Waals surface area contributed by atoms with E-state index in [0.717, 1.165) is 24.0 Å². The van der Waals surface area contributed by atoms with Crippen molar-refractivity contribution in [1.82, 2.24) is 10.2 Å². The lowest BCUT2D eigenvalue weighted by atomic mass is 9.93. The zero-order valence-corrected chi connectivity index (χ0v) is 14.6. The Morgan fingerprint density at radius 3 is 2.65 bits per heavy atom. The number of benzene rings is 1.